The molecule has 3 atom stereocenters. The van der Waals surface area contributed by atoms with Gasteiger partial charge in [0.15, 0.2) is 0 Å². The van der Waals surface area contributed by atoms with Crippen molar-refractivity contribution in [3.8, 4) is 0 Å². The molecule has 0 bridgehead atoms. The van der Waals surface area contributed by atoms with E-state index in [0.29, 0.717) is 29.8 Å². The quantitative estimate of drug-likeness (QED) is 0.701. The van der Waals surface area contributed by atoms with Crippen LogP contribution >= 0.6 is 0 Å². The van der Waals surface area contributed by atoms with Crippen LogP contribution in [0.15, 0.2) is 23.4 Å². The minimum absolute atomic E-state index is 0.449. The van der Waals surface area contributed by atoms with Crippen LogP contribution in [0.3, 0.4) is 0 Å². The molecule has 2 N–H and O–H groups in total. The summed E-state index contributed by atoms with van der Waals surface area (Å²) in [6.07, 6.45) is 12.1. The van der Waals surface area contributed by atoms with Crippen molar-refractivity contribution in [3.63, 3.8) is 0 Å². The molecular formula is C25H36N8O. The highest BCUT2D eigenvalue weighted by Crippen LogP contribution is 2.40. The van der Waals surface area contributed by atoms with Crippen molar-refractivity contribution in [2.75, 3.05) is 43.6 Å². The Morgan fingerprint density at radius 3 is 2.65 bits per heavy atom. The summed E-state index contributed by atoms with van der Waals surface area (Å²) >= 11 is 0. The highest BCUT2D eigenvalue weighted by Gasteiger charge is 2.37. The van der Waals surface area contributed by atoms with Crippen LogP contribution in [0, 0.1) is 5.92 Å². The molecule has 4 aliphatic rings. The van der Waals surface area contributed by atoms with E-state index < -0.39 is 0 Å². The fraction of sp³-hybridized carbons (Fsp3) is 0.680. The highest BCUT2D eigenvalue weighted by atomic mass is 16.5. The summed E-state index contributed by atoms with van der Waals surface area (Å²) in [6, 6.07) is 5.29. The van der Waals surface area contributed by atoms with Crippen LogP contribution < -0.4 is 10.2 Å². The lowest BCUT2D eigenvalue weighted by molar-refractivity contribution is 0.122. The molecule has 4 heterocycles. The van der Waals surface area contributed by atoms with Gasteiger partial charge in [0.2, 0.25) is 5.95 Å². The molecule has 6 rings (SSSR count). The number of nitrogens with one attached hydrogen (secondary N) is 2. The third kappa shape index (κ3) is 4.50. The summed E-state index contributed by atoms with van der Waals surface area (Å²) in [5, 5.41) is 17.8. The second kappa shape index (κ2) is 9.52. The number of H-pyrrole nitrogens is 1. The van der Waals surface area contributed by atoms with Gasteiger partial charge in [-0.05, 0) is 51.0 Å². The molecule has 2 saturated carbocycles. The number of hydrogen-bond acceptors (Lipinski definition) is 8. The standard InChI is InChI=1S/C25H36N8O/c1-32-23-14-18(2-3-19(23)16-27-32)22-15-24(30-25(29-22)33-10-12-34-13-11-33)28-20-6-4-17(5-7-20)21-8-9-26-31-21/h8-9,15-20,23H,2-7,10-14H2,1H3,(H,26,31)(H,28,29,30). The Balaban J connectivity index is 1.19. The third-order valence-corrected chi connectivity index (χ3v) is 8.28. The first-order valence-electron chi connectivity index (χ1n) is 13.0. The largest absolute Gasteiger partial charge is 0.378 e. The molecule has 0 amide bonds. The Bertz CT molecular complexity index is 981. The Morgan fingerprint density at radius 1 is 1.03 bits per heavy atom. The maximum absolute atomic E-state index is 5.58. The van der Waals surface area contributed by atoms with E-state index in [1.54, 1.807) is 0 Å². The zero-order chi connectivity index (χ0) is 22.9. The van der Waals surface area contributed by atoms with Gasteiger partial charge in [-0.25, -0.2) is 4.98 Å². The SMILES string of the molecule is CN1N=CC2CCC(c3cc(NC4CCC(c5ccn[nH]5)CC4)nc(N4CCOCC4)n3)CC21. The van der Waals surface area contributed by atoms with Crippen LogP contribution in [0.5, 0.6) is 0 Å². The Kier molecular flexibility index (Phi) is 6.11. The van der Waals surface area contributed by atoms with Gasteiger partial charge in [0.25, 0.3) is 0 Å². The number of aromatic nitrogens is 4. The molecule has 0 radical (unpaired) electrons. The molecular weight excluding hydrogens is 428 g/mol. The summed E-state index contributed by atoms with van der Waals surface area (Å²) in [5.41, 5.74) is 2.46. The normalized spacial score (nSPS) is 31.5. The van der Waals surface area contributed by atoms with Crippen molar-refractivity contribution in [2.24, 2.45) is 11.0 Å². The van der Waals surface area contributed by atoms with Gasteiger partial charge < -0.3 is 15.0 Å². The predicted octanol–water partition coefficient (Wildman–Crippen LogP) is 3.36. The molecule has 2 aromatic rings. The van der Waals surface area contributed by atoms with Crippen molar-refractivity contribution in [1.82, 2.24) is 25.2 Å². The van der Waals surface area contributed by atoms with E-state index >= 15 is 0 Å². The molecule has 0 spiro atoms. The molecule has 2 aromatic heterocycles. The van der Waals surface area contributed by atoms with E-state index in [2.05, 4.69) is 55.9 Å². The Morgan fingerprint density at radius 2 is 1.85 bits per heavy atom. The van der Waals surface area contributed by atoms with Gasteiger partial charge >= 0.3 is 0 Å². The number of anilines is 2. The molecule has 3 unspecified atom stereocenters. The van der Waals surface area contributed by atoms with Crippen LogP contribution in [-0.4, -0.2) is 76.8 Å². The Hall–Kier alpha value is -2.68. The monoisotopic (exact) mass is 464 g/mol. The fourth-order valence-electron chi connectivity index (χ4n) is 6.21. The van der Waals surface area contributed by atoms with Crippen LogP contribution in [0.2, 0.25) is 0 Å². The van der Waals surface area contributed by atoms with Gasteiger partial charge in [-0.2, -0.15) is 15.2 Å². The van der Waals surface area contributed by atoms with Crippen LogP contribution in [0.25, 0.3) is 0 Å². The molecule has 3 fully saturated rings. The zero-order valence-corrected chi connectivity index (χ0v) is 20.1. The summed E-state index contributed by atoms with van der Waals surface area (Å²) in [7, 11) is 2.11. The maximum atomic E-state index is 5.58. The highest BCUT2D eigenvalue weighted by molar-refractivity contribution is 5.64. The van der Waals surface area contributed by atoms with Gasteiger partial charge in [-0.1, -0.05) is 0 Å². The molecule has 1 saturated heterocycles. The average molecular weight is 465 g/mol. The minimum Gasteiger partial charge on any atom is -0.378 e. The van der Waals surface area contributed by atoms with Crippen molar-refractivity contribution < 1.29 is 4.74 Å². The number of morpholine rings is 1. The molecule has 9 heteroatoms. The minimum atomic E-state index is 0.449. The number of aromatic amines is 1. The fourth-order valence-corrected chi connectivity index (χ4v) is 6.21. The lowest BCUT2D eigenvalue weighted by atomic mass is 9.77. The molecule has 0 aromatic carbocycles. The number of hydrogen-bond donors (Lipinski definition) is 2. The van der Waals surface area contributed by atoms with Crippen LogP contribution in [-0.2, 0) is 4.74 Å². The molecule has 2 aliphatic heterocycles. The number of ether oxygens (including phenoxy) is 1. The molecule has 34 heavy (non-hydrogen) atoms. The first-order chi connectivity index (χ1) is 16.7. The molecule has 2 aliphatic carbocycles. The van der Waals surface area contributed by atoms with Crippen molar-refractivity contribution in [1.29, 1.82) is 0 Å². The number of fused-ring (bicyclic) bond motifs is 1. The zero-order valence-electron chi connectivity index (χ0n) is 20.1. The summed E-state index contributed by atoms with van der Waals surface area (Å²) in [5.74, 6) is 3.46. The van der Waals surface area contributed by atoms with Gasteiger partial charge in [0, 0.05) is 68.1 Å². The first-order valence-corrected chi connectivity index (χ1v) is 13.0. The van der Waals surface area contributed by atoms with Crippen LogP contribution in [0.1, 0.15) is 68.2 Å². The second-order valence-corrected chi connectivity index (χ2v) is 10.4. The molecule has 9 nitrogen and oxygen atoms in total. The second-order valence-electron chi connectivity index (χ2n) is 10.4. The summed E-state index contributed by atoms with van der Waals surface area (Å²) in [6.45, 7) is 3.18. The van der Waals surface area contributed by atoms with E-state index in [0.717, 1.165) is 63.8 Å². The van der Waals surface area contributed by atoms with Crippen LogP contribution in [0.4, 0.5) is 11.8 Å². The average Bonchev–Trinajstić information content (AvgIpc) is 3.55. The summed E-state index contributed by atoms with van der Waals surface area (Å²) in [4.78, 5) is 12.4. The lowest BCUT2D eigenvalue weighted by Crippen LogP contribution is -2.38. The summed E-state index contributed by atoms with van der Waals surface area (Å²) < 4.78 is 5.58. The van der Waals surface area contributed by atoms with Crippen molar-refractivity contribution in [2.45, 2.75) is 68.9 Å². The number of nitrogens with zero attached hydrogens (tertiary/aromatic N) is 6. The number of rotatable bonds is 5. The van der Waals surface area contributed by atoms with Gasteiger partial charge in [0.1, 0.15) is 5.82 Å². The molecule has 182 valence electrons. The van der Waals surface area contributed by atoms with Gasteiger partial charge in [-0.15, -0.1) is 0 Å². The first kappa shape index (κ1) is 21.8. The predicted molar refractivity (Wildman–Crippen MR) is 132 cm³/mol. The Labute approximate surface area is 201 Å². The van der Waals surface area contributed by atoms with E-state index in [9.17, 15) is 0 Å². The van der Waals surface area contributed by atoms with E-state index in [1.165, 1.54) is 30.7 Å². The van der Waals surface area contributed by atoms with Crippen molar-refractivity contribution in [3.05, 3.63) is 29.7 Å². The third-order valence-electron chi connectivity index (χ3n) is 8.28. The van der Waals surface area contributed by atoms with Gasteiger partial charge in [-0.3, -0.25) is 10.1 Å². The van der Waals surface area contributed by atoms with Crippen molar-refractivity contribution >= 4 is 18.0 Å². The van der Waals surface area contributed by atoms with E-state index in [-0.39, 0.29) is 0 Å². The van der Waals surface area contributed by atoms with E-state index in [1.807, 2.05) is 6.20 Å². The van der Waals surface area contributed by atoms with E-state index in [4.69, 9.17) is 14.7 Å². The smallest absolute Gasteiger partial charge is 0.227 e. The maximum Gasteiger partial charge on any atom is 0.227 e. The lowest BCUT2D eigenvalue weighted by Gasteiger charge is -2.35. The number of hydrazone groups is 1. The topological polar surface area (TPSA) is 94.6 Å². The van der Waals surface area contributed by atoms with Gasteiger partial charge in [0.05, 0.1) is 24.9 Å².